The molecule has 0 atom stereocenters. The van der Waals surface area contributed by atoms with Gasteiger partial charge in [0, 0.05) is 11.6 Å². The van der Waals surface area contributed by atoms with Crippen LogP contribution in [0.15, 0.2) is 35.3 Å². The van der Waals surface area contributed by atoms with Crippen molar-refractivity contribution in [2.24, 2.45) is 10.9 Å². The molecule has 0 aliphatic heterocycles. The molecule has 0 amide bonds. The van der Waals surface area contributed by atoms with Crippen LogP contribution in [0.5, 0.6) is 0 Å². The first-order valence-electron chi connectivity index (χ1n) is 6.62. The van der Waals surface area contributed by atoms with Gasteiger partial charge in [-0.1, -0.05) is 49.6 Å². The third-order valence-electron chi connectivity index (χ3n) is 3.44. The van der Waals surface area contributed by atoms with Gasteiger partial charge in [-0.2, -0.15) is 0 Å². The molecule has 1 aliphatic carbocycles. The first-order valence-corrected chi connectivity index (χ1v) is 6.62. The monoisotopic (exact) mass is 231 g/mol. The van der Waals surface area contributed by atoms with Crippen LogP contribution in [0.25, 0.3) is 0 Å². The summed E-state index contributed by atoms with van der Waals surface area (Å²) in [6, 6.07) is 10.4. The Hall–Kier alpha value is -1.15. The number of nitrogens with zero attached hydrogens (tertiary/aromatic N) is 1. The van der Waals surface area contributed by atoms with Crippen LogP contribution in [-0.2, 0) is 0 Å². The molecular weight excluding hydrogens is 210 g/mol. The summed E-state index contributed by atoms with van der Waals surface area (Å²) < 4.78 is 0. The van der Waals surface area contributed by atoms with E-state index in [4.69, 9.17) is 5.11 Å². The van der Waals surface area contributed by atoms with E-state index < -0.39 is 0 Å². The van der Waals surface area contributed by atoms with Crippen LogP contribution >= 0.6 is 0 Å². The third-order valence-corrected chi connectivity index (χ3v) is 3.44. The Morgan fingerprint density at radius 2 is 1.82 bits per heavy atom. The average molecular weight is 231 g/mol. The molecule has 1 N–H and O–H groups in total. The summed E-state index contributed by atoms with van der Waals surface area (Å²) in [6.45, 7) is 0.670. The van der Waals surface area contributed by atoms with Gasteiger partial charge in [0.1, 0.15) is 0 Å². The number of aliphatic hydroxyl groups excluding tert-OH is 1. The number of aliphatic hydroxyl groups is 1. The molecule has 1 saturated carbocycles. The Morgan fingerprint density at radius 1 is 1.12 bits per heavy atom. The standard InChI is InChI=1S/C15H21NO/c17-12-11-16-15(13-7-3-1-4-8-13)14-9-5-2-6-10-14/h1,3-4,7-8,14,17H,2,5-6,9-12H2/b16-15-. The van der Waals surface area contributed by atoms with Crippen molar-refractivity contribution in [3.63, 3.8) is 0 Å². The van der Waals surface area contributed by atoms with E-state index in [9.17, 15) is 0 Å². The molecule has 0 radical (unpaired) electrons. The largest absolute Gasteiger partial charge is 0.394 e. The second-order valence-corrected chi connectivity index (χ2v) is 4.69. The third kappa shape index (κ3) is 3.40. The van der Waals surface area contributed by atoms with Gasteiger partial charge in [0.05, 0.1) is 13.2 Å². The van der Waals surface area contributed by atoms with Crippen molar-refractivity contribution < 1.29 is 5.11 Å². The lowest BCUT2D eigenvalue weighted by Crippen LogP contribution is -2.19. The van der Waals surface area contributed by atoms with Crippen LogP contribution in [0.3, 0.4) is 0 Å². The molecule has 2 nitrogen and oxygen atoms in total. The second kappa shape index (κ2) is 6.55. The maximum atomic E-state index is 8.95. The van der Waals surface area contributed by atoms with Crippen molar-refractivity contribution in [2.45, 2.75) is 32.1 Å². The summed E-state index contributed by atoms with van der Waals surface area (Å²) in [6.07, 6.45) is 6.49. The topological polar surface area (TPSA) is 32.6 Å². The zero-order valence-electron chi connectivity index (χ0n) is 10.3. The summed E-state index contributed by atoms with van der Waals surface area (Å²) in [5.41, 5.74) is 2.44. The van der Waals surface area contributed by atoms with Crippen molar-refractivity contribution in [3.8, 4) is 0 Å². The molecule has 1 aromatic rings. The van der Waals surface area contributed by atoms with Crippen molar-refractivity contribution >= 4 is 5.71 Å². The molecule has 92 valence electrons. The summed E-state index contributed by atoms with van der Waals surface area (Å²) in [5, 5.41) is 8.95. The van der Waals surface area contributed by atoms with Crippen LogP contribution < -0.4 is 0 Å². The summed E-state index contributed by atoms with van der Waals surface area (Å²) in [5.74, 6) is 0.595. The fraction of sp³-hybridized carbons (Fsp3) is 0.533. The molecule has 1 aliphatic rings. The Balaban J connectivity index is 2.18. The van der Waals surface area contributed by atoms with Crippen molar-refractivity contribution in [2.75, 3.05) is 13.2 Å². The molecule has 0 bridgehead atoms. The number of hydrogen-bond acceptors (Lipinski definition) is 2. The van der Waals surface area contributed by atoms with E-state index >= 15 is 0 Å². The molecule has 0 aromatic heterocycles. The van der Waals surface area contributed by atoms with Gasteiger partial charge < -0.3 is 5.11 Å². The van der Waals surface area contributed by atoms with Crippen LogP contribution in [0, 0.1) is 5.92 Å². The van der Waals surface area contributed by atoms with Gasteiger partial charge in [0.2, 0.25) is 0 Å². The molecule has 1 aromatic carbocycles. The Labute approximate surface area is 103 Å². The second-order valence-electron chi connectivity index (χ2n) is 4.69. The zero-order valence-corrected chi connectivity index (χ0v) is 10.3. The lowest BCUT2D eigenvalue weighted by atomic mass is 9.83. The normalized spacial score (nSPS) is 18.3. The van der Waals surface area contributed by atoms with Crippen molar-refractivity contribution in [3.05, 3.63) is 35.9 Å². The number of rotatable bonds is 4. The first kappa shape index (κ1) is 12.3. The zero-order chi connectivity index (χ0) is 11.9. The maximum absolute atomic E-state index is 8.95. The minimum absolute atomic E-state index is 0.142. The fourth-order valence-electron chi connectivity index (χ4n) is 2.61. The van der Waals surface area contributed by atoms with Gasteiger partial charge in [-0.05, 0) is 18.4 Å². The van der Waals surface area contributed by atoms with E-state index in [2.05, 4.69) is 29.3 Å². The fourth-order valence-corrected chi connectivity index (χ4v) is 2.61. The minimum Gasteiger partial charge on any atom is -0.394 e. The Bertz CT molecular complexity index is 352. The highest BCUT2D eigenvalue weighted by Gasteiger charge is 2.20. The SMILES string of the molecule is OCC/N=C(/c1ccccc1)C1CCCCC1. The Morgan fingerprint density at radius 3 is 2.47 bits per heavy atom. The summed E-state index contributed by atoms with van der Waals surface area (Å²) in [7, 11) is 0. The molecule has 0 saturated heterocycles. The van der Waals surface area contributed by atoms with Crippen LogP contribution in [0.2, 0.25) is 0 Å². The van der Waals surface area contributed by atoms with E-state index in [1.165, 1.54) is 43.4 Å². The van der Waals surface area contributed by atoms with Crippen molar-refractivity contribution in [1.29, 1.82) is 0 Å². The molecule has 2 heteroatoms. The van der Waals surface area contributed by atoms with Crippen molar-refractivity contribution in [1.82, 2.24) is 0 Å². The lowest BCUT2D eigenvalue weighted by molar-refractivity contribution is 0.306. The highest BCUT2D eigenvalue weighted by molar-refractivity contribution is 6.02. The number of aliphatic imine (C=N–C) groups is 1. The predicted octanol–water partition coefficient (Wildman–Crippen LogP) is 3.05. The molecule has 0 spiro atoms. The van der Waals surface area contributed by atoms with Crippen LogP contribution in [0.4, 0.5) is 0 Å². The highest BCUT2D eigenvalue weighted by Crippen LogP contribution is 2.27. The quantitative estimate of drug-likeness (QED) is 0.794. The van der Waals surface area contributed by atoms with E-state index in [-0.39, 0.29) is 6.61 Å². The van der Waals surface area contributed by atoms with Gasteiger partial charge >= 0.3 is 0 Å². The van der Waals surface area contributed by atoms with Gasteiger partial charge in [-0.3, -0.25) is 4.99 Å². The average Bonchev–Trinajstić information content (AvgIpc) is 2.42. The van der Waals surface area contributed by atoms with Crippen LogP contribution in [0.1, 0.15) is 37.7 Å². The van der Waals surface area contributed by atoms with E-state index in [0.29, 0.717) is 12.5 Å². The maximum Gasteiger partial charge on any atom is 0.0627 e. The highest BCUT2D eigenvalue weighted by atomic mass is 16.3. The smallest absolute Gasteiger partial charge is 0.0627 e. The minimum atomic E-state index is 0.142. The van der Waals surface area contributed by atoms with Crippen LogP contribution in [-0.4, -0.2) is 24.0 Å². The summed E-state index contributed by atoms with van der Waals surface area (Å²) >= 11 is 0. The van der Waals surface area contributed by atoms with E-state index in [1.54, 1.807) is 0 Å². The van der Waals surface area contributed by atoms with E-state index in [1.807, 2.05) is 6.07 Å². The molecule has 2 rings (SSSR count). The molecular formula is C15H21NO. The summed E-state index contributed by atoms with van der Waals surface area (Å²) in [4.78, 5) is 4.60. The number of benzene rings is 1. The predicted molar refractivity (Wildman–Crippen MR) is 71.5 cm³/mol. The van der Waals surface area contributed by atoms with Gasteiger partial charge in [0.15, 0.2) is 0 Å². The molecule has 17 heavy (non-hydrogen) atoms. The molecule has 1 fully saturated rings. The van der Waals surface area contributed by atoms with Gasteiger partial charge in [0.25, 0.3) is 0 Å². The lowest BCUT2D eigenvalue weighted by Gasteiger charge is -2.23. The molecule has 0 unspecified atom stereocenters. The Kier molecular flexibility index (Phi) is 4.75. The van der Waals surface area contributed by atoms with Gasteiger partial charge in [-0.15, -0.1) is 0 Å². The van der Waals surface area contributed by atoms with E-state index in [0.717, 1.165) is 0 Å². The van der Waals surface area contributed by atoms with Gasteiger partial charge in [-0.25, -0.2) is 0 Å². The first-order chi connectivity index (χ1) is 8.42. The number of hydrogen-bond donors (Lipinski definition) is 1. The molecule has 0 heterocycles.